The molecule has 1 aromatic rings. The lowest BCUT2D eigenvalue weighted by Gasteiger charge is -2.35. The Morgan fingerprint density at radius 2 is 2.08 bits per heavy atom. The van der Waals surface area contributed by atoms with Gasteiger partial charge in [0.15, 0.2) is 0 Å². The smallest absolute Gasteiger partial charge is 0.349 e. The zero-order chi connectivity index (χ0) is 18.8. The Balaban J connectivity index is 2.22. The van der Waals surface area contributed by atoms with Gasteiger partial charge in [-0.3, -0.25) is 4.79 Å². The largest absolute Gasteiger partial charge is 0.465 e. The minimum atomic E-state index is -4.02. The maximum absolute atomic E-state index is 12.8. The first-order chi connectivity index (χ1) is 11.7. The summed E-state index contributed by atoms with van der Waals surface area (Å²) in [6.45, 7) is 5.74. The van der Waals surface area contributed by atoms with E-state index in [0.717, 1.165) is 30.6 Å². The highest BCUT2D eigenvalue weighted by atomic mass is 32.2. The van der Waals surface area contributed by atoms with Gasteiger partial charge in [0.05, 0.1) is 13.2 Å². The van der Waals surface area contributed by atoms with Crippen molar-refractivity contribution in [3.8, 4) is 0 Å². The number of nitrogens with zero attached hydrogens (tertiary/aromatic N) is 1. The Hall–Kier alpha value is -1.45. The molecular formula is C16H24N2O5S2. The van der Waals surface area contributed by atoms with E-state index in [0.29, 0.717) is 12.1 Å². The molecule has 0 aliphatic carbocycles. The lowest BCUT2D eigenvalue weighted by Crippen LogP contribution is -2.51. The topological polar surface area (TPSA) is 92.8 Å². The number of aryl methyl sites for hydroxylation is 1. The van der Waals surface area contributed by atoms with Crippen LogP contribution in [0.3, 0.4) is 0 Å². The summed E-state index contributed by atoms with van der Waals surface area (Å²) in [6.07, 6.45) is 2.91. The zero-order valence-corrected chi connectivity index (χ0v) is 16.5. The van der Waals surface area contributed by atoms with Crippen LogP contribution in [-0.4, -0.2) is 50.9 Å². The molecular weight excluding hydrogens is 364 g/mol. The Labute approximate surface area is 152 Å². The molecule has 140 valence electrons. The number of ether oxygens (including phenoxy) is 1. The van der Waals surface area contributed by atoms with E-state index in [4.69, 9.17) is 0 Å². The number of piperidine rings is 1. The number of thiophene rings is 1. The highest BCUT2D eigenvalue weighted by molar-refractivity contribution is 7.89. The Bertz CT molecular complexity index is 757. The molecule has 0 unspecified atom stereocenters. The molecule has 1 saturated heterocycles. The van der Waals surface area contributed by atoms with Gasteiger partial charge < -0.3 is 9.64 Å². The Kier molecular flexibility index (Phi) is 6.23. The van der Waals surface area contributed by atoms with Crippen LogP contribution in [0.5, 0.6) is 0 Å². The number of hydrogen-bond donors (Lipinski definition) is 1. The van der Waals surface area contributed by atoms with Gasteiger partial charge in [0.2, 0.25) is 15.9 Å². The molecule has 2 atom stereocenters. The SMILES string of the molecule is COC(=O)c1scc(C)c1S(=O)(=O)N[C@@H](C)C(=O)N1CCCC[C@@H]1C. The van der Waals surface area contributed by atoms with Gasteiger partial charge in [-0.2, -0.15) is 4.72 Å². The molecule has 1 N–H and O–H groups in total. The van der Waals surface area contributed by atoms with Gasteiger partial charge in [0.25, 0.3) is 0 Å². The van der Waals surface area contributed by atoms with E-state index in [1.54, 1.807) is 17.2 Å². The number of hydrogen-bond acceptors (Lipinski definition) is 6. The lowest BCUT2D eigenvalue weighted by molar-refractivity contribution is -0.135. The third kappa shape index (κ3) is 4.21. The molecule has 25 heavy (non-hydrogen) atoms. The molecule has 1 fully saturated rings. The van der Waals surface area contributed by atoms with Gasteiger partial charge in [0.1, 0.15) is 9.77 Å². The summed E-state index contributed by atoms with van der Waals surface area (Å²) < 4.78 is 32.6. The maximum atomic E-state index is 12.8. The molecule has 1 amide bonds. The maximum Gasteiger partial charge on any atom is 0.349 e. The van der Waals surface area contributed by atoms with Gasteiger partial charge in [-0.1, -0.05) is 0 Å². The Morgan fingerprint density at radius 1 is 1.40 bits per heavy atom. The van der Waals surface area contributed by atoms with Gasteiger partial charge in [-0.15, -0.1) is 11.3 Å². The van der Waals surface area contributed by atoms with E-state index in [2.05, 4.69) is 9.46 Å². The number of nitrogens with one attached hydrogen (secondary N) is 1. The monoisotopic (exact) mass is 388 g/mol. The van der Waals surface area contributed by atoms with Crippen molar-refractivity contribution in [1.82, 2.24) is 9.62 Å². The molecule has 7 nitrogen and oxygen atoms in total. The van der Waals surface area contributed by atoms with Crippen molar-refractivity contribution in [2.45, 2.75) is 57.0 Å². The number of sulfonamides is 1. The highest BCUT2D eigenvalue weighted by Crippen LogP contribution is 2.28. The van der Waals surface area contributed by atoms with E-state index in [1.807, 2.05) is 6.92 Å². The molecule has 0 aromatic carbocycles. The van der Waals surface area contributed by atoms with Gasteiger partial charge >= 0.3 is 5.97 Å². The van der Waals surface area contributed by atoms with Crippen LogP contribution in [0.25, 0.3) is 0 Å². The molecule has 2 heterocycles. The molecule has 1 aromatic heterocycles. The van der Waals surface area contributed by atoms with E-state index in [1.165, 1.54) is 14.0 Å². The van der Waals surface area contributed by atoms with Crippen LogP contribution in [0.1, 0.15) is 48.3 Å². The summed E-state index contributed by atoms with van der Waals surface area (Å²) in [7, 11) is -2.82. The molecule has 0 saturated carbocycles. The van der Waals surface area contributed by atoms with Crippen molar-refractivity contribution in [2.75, 3.05) is 13.7 Å². The van der Waals surface area contributed by atoms with Gasteiger partial charge in [-0.25, -0.2) is 13.2 Å². The number of amides is 1. The van der Waals surface area contributed by atoms with Crippen LogP contribution in [0.2, 0.25) is 0 Å². The van der Waals surface area contributed by atoms with Crippen LogP contribution >= 0.6 is 11.3 Å². The quantitative estimate of drug-likeness (QED) is 0.778. The summed E-state index contributed by atoms with van der Waals surface area (Å²) in [5.41, 5.74) is 0.448. The molecule has 0 bridgehead atoms. The third-order valence-electron chi connectivity index (χ3n) is 4.35. The molecule has 1 aliphatic heterocycles. The van der Waals surface area contributed by atoms with Crippen LogP contribution in [0.4, 0.5) is 0 Å². The van der Waals surface area contributed by atoms with E-state index >= 15 is 0 Å². The summed E-state index contributed by atoms with van der Waals surface area (Å²) in [5.74, 6) is -0.953. The highest BCUT2D eigenvalue weighted by Gasteiger charge is 2.33. The van der Waals surface area contributed by atoms with Crippen LogP contribution in [-0.2, 0) is 19.6 Å². The molecule has 2 rings (SSSR count). The summed E-state index contributed by atoms with van der Waals surface area (Å²) in [6, 6.07) is -0.808. The fourth-order valence-electron chi connectivity index (χ4n) is 3.02. The van der Waals surface area contributed by atoms with Crippen molar-refractivity contribution >= 4 is 33.2 Å². The summed E-state index contributed by atoms with van der Waals surface area (Å²) in [5, 5.41) is 1.58. The second-order valence-corrected chi connectivity index (χ2v) is 8.82. The minimum Gasteiger partial charge on any atom is -0.465 e. The Morgan fingerprint density at radius 3 is 2.68 bits per heavy atom. The normalized spacial score (nSPS) is 19.5. The fraction of sp³-hybridized carbons (Fsp3) is 0.625. The standard InChI is InChI=1S/C16H24N2O5S2/c1-10-9-24-13(16(20)23-4)14(10)25(21,22)17-12(3)15(19)18-8-6-5-7-11(18)2/h9,11-12,17H,5-8H2,1-4H3/t11-,12-/m0/s1. The van der Waals surface area contributed by atoms with Crippen molar-refractivity contribution in [2.24, 2.45) is 0 Å². The van der Waals surface area contributed by atoms with Gasteiger partial charge in [0, 0.05) is 12.6 Å². The number of carbonyl (C=O) groups excluding carboxylic acids is 2. The van der Waals surface area contributed by atoms with Crippen molar-refractivity contribution in [1.29, 1.82) is 0 Å². The first kappa shape index (κ1) is 19.9. The van der Waals surface area contributed by atoms with Crippen molar-refractivity contribution in [3.05, 3.63) is 15.8 Å². The number of rotatable bonds is 5. The van der Waals surface area contributed by atoms with Gasteiger partial charge in [-0.05, 0) is 51.0 Å². The van der Waals surface area contributed by atoms with Crippen molar-refractivity contribution < 1.29 is 22.7 Å². The summed E-state index contributed by atoms with van der Waals surface area (Å²) >= 11 is 1.01. The van der Waals surface area contributed by atoms with Crippen molar-refractivity contribution in [3.63, 3.8) is 0 Å². The lowest BCUT2D eigenvalue weighted by atomic mass is 10.0. The summed E-state index contributed by atoms with van der Waals surface area (Å²) in [4.78, 5) is 26.1. The first-order valence-corrected chi connectivity index (χ1v) is 10.5. The number of esters is 1. The number of methoxy groups -OCH3 is 1. The average Bonchev–Trinajstić information content (AvgIpc) is 2.96. The predicted molar refractivity (Wildman–Crippen MR) is 95.2 cm³/mol. The fourth-order valence-corrected chi connectivity index (χ4v) is 5.92. The minimum absolute atomic E-state index is 0.0125. The van der Waals surface area contributed by atoms with Crippen LogP contribution in [0, 0.1) is 6.92 Å². The van der Waals surface area contributed by atoms with E-state index in [9.17, 15) is 18.0 Å². The molecule has 1 aliphatic rings. The molecule has 9 heteroatoms. The first-order valence-electron chi connectivity index (χ1n) is 8.18. The van der Waals surface area contributed by atoms with E-state index < -0.39 is 22.0 Å². The second-order valence-electron chi connectivity index (χ2n) is 6.29. The second kappa shape index (κ2) is 7.84. The molecule has 0 spiro atoms. The zero-order valence-electron chi connectivity index (χ0n) is 14.9. The third-order valence-corrected chi connectivity index (χ3v) is 7.28. The van der Waals surface area contributed by atoms with Crippen LogP contribution < -0.4 is 4.72 Å². The van der Waals surface area contributed by atoms with Crippen LogP contribution in [0.15, 0.2) is 10.3 Å². The predicted octanol–water partition coefficient (Wildman–Crippen LogP) is 1.91. The average molecular weight is 389 g/mol. The number of likely N-dealkylation sites (tertiary alicyclic amines) is 1. The number of carbonyl (C=O) groups is 2. The van der Waals surface area contributed by atoms with E-state index in [-0.39, 0.29) is 21.7 Å². The molecule has 0 radical (unpaired) electrons.